The first-order valence-electron chi connectivity index (χ1n) is 11.5. The second-order valence-corrected chi connectivity index (χ2v) is 10.8. The van der Waals surface area contributed by atoms with E-state index in [-0.39, 0.29) is 18.1 Å². The summed E-state index contributed by atoms with van der Waals surface area (Å²) in [5, 5.41) is 7.81. The molecule has 0 spiro atoms. The van der Waals surface area contributed by atoms with Crippen LogP contribution >= 0.6 is 0 Å². The number of methoxy groups -OCH3 is 2. The van der Waals surface area contributed by atoms with Gasteiger partial charge in [0.2, 0.25) is 11.8 Å². The Labute approximate surface area is 212 Å². The summed E-state index contributed by atoms with van der Waals surface area (Å²) in [5.74, 6) is 1.15. The van der Waals surface area contributed by atoms with Crippen LogP contribution in [0.1, 0.15) is 18.7 Å². The van der Waals surface area contributed by atoms with Gasteiger partial charge in [0.05, 0.1) is 38.1 Å². The minimum absolute atomic E-state index is 0.185. The molecule has 1 aliphatic heterocycles. The number of para-hydroxylation sites is 1. The molecule has 0 saturated carbocycles. The van der Waals surface area contributed by atoms with Gasteiger partial charge >= 0.3 is 0 Å². The molecule has 3 aromatic heterocycles. The number of benzene rings is 1. The molecule has 194 valence electrons. The van der Waals surface area contributed by atoms with Gasteiger partial charge in [-0.3, -0.25) is 4.57 Å². The number of sulfone groups is 1. The van der Waals surface area contributed by atoms with Crippen molar-refractivity contribution in [2.45, 2.75) is 23.8 Å². The predicted octanol–water partition coefficient (Wildman–Crippen LogP) is 3.06. The number of ether oxygens (including phenoxy) is 2. The summed E-state index contributed by atoms with van der Waals surface area (Å²) in [7, 11) is -0.690. The summed E-state index contributed by atoms with van der Waals surface area (Å²) in [6, 6.07) is 8.66. The Morgan fingerprint density at radius 3 is 2.46 bits per heavy atom. The molecule has 0 radical (unpaired) electrons. The second kappa shape index (κ2) is 10.2. The third kappa shape index (κ3) is 4.86. The van der Waals surface area contributed by atoms with Gasteiger partial charge in [-0.25, -0.2) is 22.8 Å². The number of nitrogens with zero attached hydrogens (tertiary/aromatic N) is 6. The lowest BCUT2D eigenvalue weighted by Gasteiger charge is -2.32. The average molecular weight is 529 g/mol. The minimum atomic E-state index is -3.72. The van der Waals surface area contributed by atoms with E-state index in [4.69, 9.17) is 13.9 Å². The van der Waals surface area contributed by atoms with Crippen LogP contribution in [0.15, 0.2) is 53.4 Å². The smallest absolute Gasteiger partial charge is 0.225 e. The van der Waals surface area contributed by atoms with E-state index < -0.39 is 20.9 Å². The van der Waals surface area contributed by atoms with Crippen LogP contribution in [0.5, 0.6) is 11.5 Å². The number of rotatable bonds is 8. The molecule has 0 N–H and O–H groups in total. The third-order valence-electron chi connectivity index (χ3n) is 6.20. The third-order valence-corrected chi connectivity index (χ3v) is 8.26. The van der Waals surface area contributed by atoms with Gasteiger partial charge in [-0.05, 0) is 37.1 Å². The van der Waals surface area contributed by atoms with E-state index in [2.05, 4.69) is 20.2 Å². The van der Waals surface area contributed by atoms with E-state index >= 15 is 0 Å². The zero-order chi connectivity index (χ0) is 26.0. The Hall–Kier alpha value is -4.00. The van der Waals surface area contributed by atoms with Crippen LogP contribution in [-0.4, -0.2) is 65.7 Å². The molecule has 1 aliphatic rings. The van der Waals surface area contributed by atoms with E-state index in [9.17, 15) is 12.8 Å². The summed E-state index contributed by atoms with van der Waals surface area (Å²) in [6.45, 7) is 0.764. The van der Waals surface area contributed by atoms with Crippen molar-refractivity contribution >= 4 is 15.8 Å². The fourth-order valence-electron chi connectivity index (χ4n) is 4.44. The van der Waals surface area contributed by atoms with Crippen molar-refractivity contribution in [2.75, 3.05) is 32.2 Å². The van der Waals surface area contributed by atoms with Gasteiger partial charge in [-0.1, -0.05) is 6.07 Å². The normalized spacial score (nSPS) is 16.1. The SMILES string of the molecule is COc1cccc(OC)c1-n1c(CS(=O)(=O)[C@@H]2CCCN(c3ncc(F)cn3)C2)nnc1-c1ccco1. The number of halogens is 1. The van der Waals surface area contributed by atoms with E-state index in [1.807, 2.05) is 0 Å². The molecule has 1 saturated heterocycles. The topological polar surface area (TPSA) is 125 Å². The minimum Gasteiger partial charge on any atom is -0.494 e. The molecular formula is C24H25FN6O5S. The molecule has 0 unspecified atom stereocenters. The van der Waals surface area contributed by atoms with Crippen molar-refractivity contribution in [2.24, 2.45) is 0 Å². The van der Waals surface area contributed by atoms with Crippen LogP contribution in [0, 0.1) is 5.82 Å². The summed E-state index contributed by atoms with van der Waals surface area (Å²) in [5.41, 5.74) is 0.457. The Bertz CT molecular complexity index is 1450. The quantitative estimate of drug-likeness (QED) is 0.337. The van der Waals surface area contributed by atoms with Crippen LogP contribution in [-0.2, 0) is 15.6 Å². The molecule has 11 nitrogen and oxygen atoms in total. The lowest BCUT2D eigenvalue weighted by molar-refractivity contribution is 0.390. The lowest BCUT2D eigenvalue weighted by Crippen LogP contribution is -2.43. The van der Waals surface area contributed by atoms with Crippen molar-refractivity contribution in [3.8, 4) is 28.8 Å². The Morgan fingerprint density at radius 1 is 1.08 bits per heavy atom. The largest absolute Gasteiger partial charge is 0.494 e. The van der Waals surface area contributed by atoms with Gasteiger partial charge in [0.15, 0.2) is 27.2 Å². The Morgan fingerprint density at radius 2 is 1.81 bits per heavy atom. The van der Waals surface area contributed by atoms with Gasteiger partial charge in [0, 0.05) is 13.1 Å². The van der Waals surface area contributed by atoms with E-state index in [0.29, 0.717) is 54.1 Å². The highest BCUT2D eigenvalue weighted by Gasteiger charge is 2.34. The summed E-state index contributed by atoms with van der Waals surface area (Å²) < 4.78 is 58.9. The van der Waals surface area contributed by atoms with Crippen molar-refractivity contribution in [1.29, 1.82) is 0 Å². The first-order valence-corrected chi connectivity index (χ1v) is 13.3. The molecule has 0 aliphatic carbocycles. The number of hydrogen-bond donors (Lipinski definition) is 0. The van der Waals surface area contributed by atoms with Crippen LogP contribution in [0.25, 0.3) is 17.3 Å². The van der Waals surface area contributed by atoms with Gasteiger partial charge < -0.3 is 18.8 Å². The van der Waals surface area contributed by atoms with E-state index in [0.717, 1.165) is 12.4 Å². The number of aromatic nitrogens is 5. The van der Waals surface area contributed by atoms with Gasteiger partial charge in [0.25, 0.3) is 0 Å². The molecule has 0 bridgehead atoms. The number of hydrogen-bond acceptors (Lipinski definition) is 10. The summed E-state index contributed by atoms with van der Waals surface area (Å²) >= 11 is 0. The molecular weight excluding hydrogens is 503 g/mol. The van der Waals surface area contributed by atoms with Crippen LogP contribution in [0.4, 0.5) is 10.3 Å². The maximum absolute atomic E-state index is 13.7. The molecule has 0 amide bonds. The number of furan rings is 1. The highest BCUT2D eigenvalue weighted by Crippen LogP contribution is 2.37. The zero-order valence-corrected chi connectivity index (χ0v) is 21.1. The lowest BCUT2D eigenvalue weighted by atomic mass is 10.1. The number of anilines is 1. The maximum atomic E-state index is 13.7. The maximum Gasteiger partial charge on any atom is 0.225 e. The number of piperidine rings is 1. The molecule has 4 heterocycles. The monoisotopic (exact) mass is 528 g/mol. The molecule has 13 heteroatoms. The first-order chi connectivity index (χ1) is 17.9. The zero-order valence-electron chi connectivity index (χ0n) is 20.2. The van der Waals surface area contributed by atoms with Gasteiger partial charge in [-0.15, -0.1) is 10.2 Å². The molecule has 37 heavy (non-hydrogen) atoms. The molecule has 1 atom stereocenters. The van der Waals surface area contributed by atoms with Gasteiger partial charge in [-0.2, -0.15) is 0 Å². The second-order valence-electron chi connectivity index (χ2n) is 8.48. The van der Waals surface area contributed by atoms with Crippen LogP contribution in [0.2, 0.25) is 0 Å². The van der Waals surface area contributed by atoms with Crippen LogP contribution in [0.3, 0.4) is 0 Å². The summed E-state index contributed by atoms with van der Waals surface area (Å²) in [6.07, 6.45) is 4.73. The highest BCUT2D eigenvalue weighted by molar-refractivity contribution is 7.91. The standard InChI is InChI=1S/C24H25FN6O5S/c1-34-18-7-3-8-19(35-2)22(18)31-21(28-29-23(31)20-9-5-11-36-20)15-37(32,33)17-6-4-10-30(14-17)24-26-12-16(25)13-27-24/h3,5,7-9,11-13,17H,4,6,10,14-15H2,1-2H3/t17-/m1/s1. The Balaban J connectivity index is 1.52. The van der Waals surface area contributed by atoms with E-state index in [1.165, 1.54) is 20.5 Å². The van der Waals surface area contributed by atoms with E-state index in [1.54, 1.807) is 39.8 Å². The summed E-state index contributed by atoms with van der Waals surface area (Å²) in [4.78, 5) is 9.77. The molecule has 1 fully saturated rings. The molecule has 4 aromatic rings. The fourth-order valence-corrected chi connectivity index (χ4v) is 6.16. The van der Waals surface area contributed by atoms with Crippen molar-refractivity contribution in [3.63, 3.8) is 0 Å². The van der Waals surface area contributed by atoms with Crippen LogP contribution < -0.4 is 14.4 Å². The average Bonchev–Trinajstić information content (AvgIpc) is 3.58. The van der Waals surface area contributed by atoms with Crippen molar-refractivity contribution in [3.05, 3.63) is 60.6 Å². The van der Waals surface area contributed by atoms with Crippen molar-refractivity contribution < 1.29 is 26.7 Å². The van der Waals surface area contributed by atoms with Gasteiger partial charge in [0.1, 0.15) is 22.9 Å². The first kappa shape index (κ1) is 24.7. The molecule has 5 rings (SSSR count). The fraction of sp³-hybridized carbons (Fsp3) is 0.333. The predicted molar refractivity (Wildman–Crippen MR) is 132 cm³/mol. The Kier molecular flexibility index (Phi) is 6.78. The van der Waals surface area contributed by atoms with Crippen molar-refractivity contribution in [1.82, 2.24) is 24.7 Å². The highest BCUT2D eigenvalue weighted by atomic mass is 32.2. The molecule has 1 aromatic carbocycles.